The number of rotatable bonds is 1. The molecule has 0 N–H and O–H groups in total. The molecule has 1 unspecified atom stereocenters. The van der Waals surface area contributed by atoms with Crippen LogP contribution < -0.4 is 0 Å². The van der Waals surface area contributed by atoms with Crippen molar-refractivity contribution < 1.29 is 13.2 Å². The molecule has 0 aliphatic carbocycles. The van der Waals surface area contributed by atoms with Crippen LogP contribution in [0.4, 0.5) is 13.2 Å². The molecule has 12 heavy (non-hydrogen) atoms. The van der Waals surface area contributed by atoms with Crippen LogP contribution in [0, 0.1) is 11.8 Å². The van der Waals surface area contributed by atoms with Gasteiger partial charge in [-0.3, -0.25) is 0 Å². The highest BCUT2D eigenvalue weighted by Gasteiger charge is 2.41. The maximum atomic E-state index is 12.2. The summed E-state index contributed by atoms with van der Waals surface area (Å²) in [5.74, 6) is -0.00648. The molecular formula is C7H11F3S2. The van der Waals surface area contributed by atoms with Crippen molar-refractivity contribution in [1.29, 1.82) is 0 Å². The molecule has 1 rings (SSSR count). The molecule has 0 aromatic rings. The van der Waals surface area contributed by atoms with Crippen LogP contribution in [-0.2, 0) is 0 Å². The van der Waals surface area contributed by atoms with Crippen LogP contribution in [0.3, 0.4) is 0 Å². The van der Waals surface area contributed by atoms with Gasteiger partial charge in [0.05, 0.1) is 5.92 Å². The van der Waals surface area contributed by atoms with E-state index in [1.54, 1.807) is 23.5 Å². The zero-order valence-electron chi connectivity index (χ0n) is 6.73. The van der Waals surface area contributed by atoms with Gasteiger partial charge in [-0.1, -0.05) is 6.92 Å². The van der Waals surface area contributed by atoms with Gasteiger partial charge in [-0.15, -0.1) is 0 Å². The van der Waals surface area contributed by atoms with E-state index in [4.69, 9.17) is 0 Å². The first-order chi connectivity index (χ1) is 5.52. The lowest BCUT2D eigenvalue weighted by molar-refractivity contribution is -0.179. The van der Waals surface area contributed by atoms with E-state index in [1.165, 1.54) is 6.92 Å². The highest BCUT2D eigenvalue weighted by atomic mass is 32.2. The third-order valence-electron chi connectivity index (χ3n) is 2.05. The Morgan fingerprint density at radius 3 is 2.17 bits per heavy atom. The highest BCUT2D eigenvalue weighted by Crippen LogP contribution is 2.38. The van der Waals surface area contributed by atoms with Crippen molar-refractivity contribution in [3.63, 3.8) is 0 Å². The minimum absolute atomic E-state index is 0.186. The summed E-state index contributed by atoms with van der Waals surface area (Å²) in [5, 5.41) is 0.946. The minimum atomic E-state index is -4.01. The molecule has 0 spiro atoms. The lowest BCUT2D eigenvalue weighted by atomic mass is 9.97. The van der Waals surface area contributed by atoms with Crippen LogP contribution in [0.2, 0.25) is 0 Å². The molecular weight excluding hydrogens is 205 g/mol. The molecule has 1 saturated heterocycles. The van der Waals surface area contributed by atoms with Crippen LogP contribution in [0.1, 0.15) is 6.92 Å². The van der Waals surface area contributed by atoms with Gasteiger partial charge < -0.3 is 0 Å². The van der Waals surface area contributed by atoms with Crippen molar-refractivity contribution in [3.05, 3.63) is 0 Å². The van der Waals surface area contributed by atoms with Crippen LogP contribution in [0.5, 0.6) is 0 Å². The molecule has 72 valence electrons. The second-order valence-electron chi connectivity index (χ2n) is 2.95. The summed E-state index contributed by atoms with van der Waals surface area (Å²) >= 11 is 3.22. The number of halogens is 3. The molecule has 1 heterocycles. The predicted octanol–water partition coefficient (Wildman–Crippen LogP) is 3.24. The third kappa shape index (κ3) is 2.76. The Balaban J connectivity index is 2.45. The van der Waals surface area contributed by atoms with E-state index in [1.807, 2.05) is 0 Å². The van der Waals surface area contributed by atoms with E-state index >= 15 is 0 Å². The maximum Gasteiger partial charge on any atom is 0.391 e. The molecule has 0 amide bonds. The van der Waals surface area contributed by atoms with Gasteiger partial charge in [-0.25, -0.2) is 0 Å². The molecule has 0 aromatic carbocycles. The third-order valence-corrected chi connectivity index (χ3v) is 4.71. The van der Waals surface area contributed by atoms with Gasteiger partial charge in [-0.05, 0) is 17.4 Å². The monoisotopic (exact) mass is 216 g/mol. The molecule has 0 bridgehead atoms. The average molecular weight is 216 g/mol. The predicted molar refractivity (Wildman–Crippen MR) is 48.5 cm³/mol. The van der Waals surface area contributed by atoms with Crippen molar-refractivity contribution in [3.8, 4) is 0 Å². The molecule has 5 heteroatoms. The second kappa shape index (κ2) is 4.13. The fourth-order valence-electron chi connectivity index (χ4n) is 1.06. The molecule has 0 saturated carbocycles. The topological polar surface area (TPSA) is 0 Å². The van der Waals surface area contributed by atoms with E-state index in [0.29, 0.717) is 11.5 Å². The Hall–Kier alpha value is 0.490. The standard InChI is InChI=1S/C7H11F3S2/c1-5(7(8,9)10)6-2-11-4-12-3-6/h5-6H,2-4H2,1H3. The number of hydrogen-bond acceptors (Lipinski definition) is 2. The Labute approximate surface area is 78.7 Å². The first-order valence-electron chi connectivity index (χ1n) is 3.74. The summed E-state index contributed by atoms with van der Waals surface area (Å²) in [6.45, 7) is 1.29. The first-order valence-corrected chi connectivity index (χ1v) is 6.05. The molecule has 0 aromatic heterocycles. The molecule has 1 aliphatic heterocycles. The smallest absolute Gasteiger partial charge is 0.171 e. The van der Waals surface area contributed by atoms with E-state index in [2.05, 4.69) is 0 Å². The van der Waals surface area contributed by atoms with Crippen LogP contribution in [0.25, 0.3) is 0 Å². The zero-order chi connectivity index (χ0) is 9.19. The van der Waals surface area contributed by atoms with Crippen molar-refractivity contribution in [2.24, 2.45) is 11.8 Å². The van der Waals surface area contributed by atoms with Crippen molar-refractivity contribution in [1.82, 2.24) is 0 Å². The summed E-state index contributed by atoms with van der Waals surface area (Å²) in [5.41, 5.74) is 0. The van der Waals surface area contributed by atoms with Crippen LogP contribution in [0.15, 0.2) is 0 Å². The molecule has 0 nitrogen and oxygen atoms in total. The largest absolute Gasteiger partial charge is 0.391 e. The SMILES string of the molecule is CC(C1CSCSC1)C(F)(F)F. The van der Waals surface area contributed by atoms with E-state index < -0.39 is 12.1 Å². The Morgan fingerprint density at radius 2 is 1.75 bits per heavy atom. The summed E-state index contributed by atoms with van der Waals surface area (Å²) in [4.78, 5) is 0. The lowest BCUT2D eigenvalue weighted by Crippen LogP contribution is -2.32. The lowest BCUT2D eigenvalue weighted by Gasteiger charge is -2.28. The number of alkyl halides is 3. The Bertz CT molecular complexity index is 140. The second-order valence-corrected chi connectivity index (χ2v) is 5.38. The number of hydrogen-bond donors (Lipinski definition) is 0. The summed E-state index contributed by atoms with van der Waals surface area (Å²) in [6.07, 6.45) is -4.01. The quantitative estimate of drug-likeness (QED) is 0.660. The molecule has 0 radical (unpaired) electrons. The Kier molecular flexibility index (Phi) is 3.64. The van der Waals surface area contributed by atoms with Gasteiger partial charge in [0.2, 0.25) is 0 Å². The summed E-state index contributed by atoms with van der Waals surface area (Å²) in [6, 6.07) is 0. The fraction of sp³-hybridized carbons (Fsp3) is 1.00. The van der Waals surface area contributed by atoms with Gasteiger partial charge >= 0.3 is 6.18 Å². The normalized spacial score (nSPS) is 24.0. The molecule has 1 atom stereocenters. The highest BCUT2D eigenvalue weighted by molar-refractivity contribution is 8.16. The molecule has 1 fully saturated rings. The van der Waals surface area contributed by atoms with E-state index in [9.17, 15) is 13.2 Å². The summed E-state index contributed by atoms with van der Waals surface area (Å²) < 4.78 is 36.6. The van der Waals surface area contributed by atoms with Gasteiger partial charge in [0.1, 0.15) is 0 Å². The van der Waals surface area contributed by atoms with Gasteiger partial charge in [-0.2, -0.15) is 36.7 Å². The van der Waals surface area contributed by atoms with Crippen molar-refractivity contribution in [2.45, 2.75) is 13.1 Å². The van der Waals surface area contributed by atoms with E-state index in [-0.39, 0.29) is 5.92 Å². The fourth-order valence-corrected chi connectivity index (χ4v) is 3.87. The first kappa shape index (κ1) is 10.6. The maximum absolute atomic E-state index is 12.2. The number of thioether (sulfide) groups is 2. The van der Waals surface area contributed by atoms with Crippen LogP contribution >= 0.6 is 23.5 Å². The zero-order valence-corrected chi connectivity index (χ0v) is 8.36. The van der Waals surface area contributed by atoms with Gasteiger partial charge in [0.25, 0.3) is 0 Å². The van der Waals surface area contributed by atoms with Crippen molar-refractivity contribution >= 4 is 23.5 Å². The van der Waals surface area contributed by atoms with Crippen molar-refractivity contribution in [2.75, 3.05) is 16.6 Å². The van der Waals surface area contributed by atoms with Gasteiger partial charge in [0, 0.05) is 5.08 Å². The molecule has 1 aliphatic rings. The van der Waals surface area contributed by atoms with Gasteiger partial charge in [0.15, 0.2) is 0 Å². The average Bonchev–Trinajstić information content (AvgIpc) is 2.03. The summed E-state index contributed by atoms with van der Waals surface area (Å²) in [7, 11) is 0. The Morgan fingerprint density at radius 1 is 1.25 bits per heavy atom. The minimum Gasteiger partial charge on any atom is -0.171 e. The van der Waals surface area contributed by atoms with Crippen LogP contribution in [-0.4, -0.2) is 22.8 Å². The van der Waals surface area contributed by atoms with E-state index in [0.717, 1.165) is 5.08 Å².